The Kier molecular flexibility index (Phi) is 4.42. The van der Waals surface area contributed by atoms with Crippen molar-refractivity contribution in [2.75, 3.05) is 39.3 Å². The predicted molar refractivity (Wildman–Crippen MR) is 71.8 cm³/mol. The molecule has 0 aromatic rings. The van der Waals surface area contributed by atoms with Crippen LogP contribution >= 0.6 is 0 Å². The zero-order valence-electron chi connectivity index (χ0n) is 12.1. The van der Waals surface area contributed by atoms with Crippen molar-refractivity contribution in [3.8, 4) is 0 Å². The molecule has 0 amide bonds. The minimum atomic E-state index is 0.437. The van der Waals surface area contributed by atoms with Gasteiger partial charge >= 0.3 is 0 Å². The van der Waals surface area contributed by atoms with Gasteiger partial charge in [0.15, 0.2) is 0 Å². The fourth-order valence-electron chi connectivity index (χ4n) is 2.45. The van der Waals surface area contributed by atoms with Crippen LogP contribution in [0.15, 0.2) is 0 Å². The van der Waals surface area contributed by atoms with Crippen molar-refractivity contribution in [1.29, 1.82) is 0 Å². The molecule has 2 nitrogen and oxygen atoms in total. The average Bonchev–Trinajstić information content (AvgIpc) is 2.03. The Morgan fingerprint density at radius 2 is 0.875 bits per heavy atom. The summed E-state index contributed by atoms with van der Waals surface area (Å²) in [5.41, 5.74) is 0.873. The zero-order valence-corrected chi connectivity index (χ0v) is 12.1. The molecular formula is C14H30N2. The lowest BCUT2D eigenvalue weighted by molar-refractivity contribution is 0.0814. The average molecular weight is 226 g/mol. The van der Waals surface area contributed by atoms with Crippen molar-refractivity contribution >= 4 is 0 Å². The van der Waals surface area contributed by atoms with Crippen molar-refractivity contribution in [3.63, 3.8) is 0 Å². The van der Waals surface area contributed by atoms with E-state index in [1.807, 2.05) is 0 Å². The summed E-state index contributed by atoms with van der Waals surface area (Å²) in [6.07, 6.45) is 0. The van der Waals surface area contributed by atoms with E-state index in [0.717, 1.165) is 0 Å². The summed E-state index contributed by atoms with van der Waals surface area (Å²) in [5, 5.41) is 0. The molecule has 1 aliphatic rings. The van der Waals surface area contributed by atoms with Crippen molar-refractivity contribution in [2.24, 2.45) is 10.8 Å². The molecule has 0 aromatic heterocycles. The normalized spacial score (nSPS) is 21.4. The molecule has 0 saturated carbocycles. The molecule has 1 fully saturated rings. The summed E-state index contributed by atoms with van der Waals surface area (Å²) >= 11 is 0. The quantitative estimate of drug-likeness (QED) is 0.714. The maximum absolute atomic E-state index is 2.61. The van der Waals surface area contributed by atoms with Gasteiger partial charge in [-0.05, 0) is 10.8 Å². The molecule has 96 valence electrons. The lowest BCUT2D eigenvalue weighted by Gasteiger charge is -2.40. The van der Waals surface area contributed by atoms with E-state index >= 15 is 0 Å². The minimum Gasteiger partial charge on any atom is -0.300 e. The van der Waals surface area contributed by atoms with Crippen LogP contribution in [0.25, 0.3) is 0 Å². The van der Waals surface area contributed by atoms with Gasteiger partial charge in [0.1, 0.15) is 0 Å². The first-order valence-corrected chi connectivity index (χ1v) is 6.60. The van der Waals surface area contributed by atoms with Crippen LogP contribution in [0.4, 0.5) is 0 Å². The Hall–Kier alpha value is -0.0800. The Morgan fingerprint density at radius 3 is 1.06 bits per heavy atom. The van der Waals surface area contributed by atoms with Gasteiger partial charge in [-0.2, -0.15) is 0 Å². The molecule has 0 N–H and O–H groups in total. The molecule has 1 rings (SSSR count). The zero-order chi connectivity index (χ0) is 12.4. The molecule has 0 radical (unpaired) electrons. The summed E-state index contributed by atoms with van der Waals surface area (Å²) in [4.78, 5) is 5.22. The second-order valence-electron chi connectivity index (χ2n) is 7.67. The number of hydrogen-bond donors (Lipinski definition) is 0. The Bertz CT molecular complexity index is 178. The number of piperazine rings is 1. The van der Waals surface area contributed by atoms with Gasteiger partial charge in [0.05, 0.1) is 0 Å². The van der Waals surface area contributed by atoms with Crippen molar-refractivity contribution < 1.29 is 0 Å². The van der Waals surface area contributed by atoms with Crippen LogP contribution in [0, 0.1) is 10.8 Å². The van der Waals surface area contributed by atoms with Gasteiger partial charge in [-0.1, -0.05) is 41.5 Å². The largest absolute Gasteiger partial charge is 0.300 e. The van der Waals surface area contributed by atoms with E-state index in [-0.39, 0.29) is 0 Å². The molecule has 0 unspecified atom stereocenters. The van der Waals surface area contributed by atoms with Gasteiger partial charge in [-0.25, -0.2) is 0 Å². The van der Waals surface area contributed by atoms with E-state index in [1.165, 1.54) is 39.3 Å². The topological polar surface area (TPSA) is 6.48 Å². The van der Waals surface area contributed by atoms with Crippen LogP contribution in [0.5, 0.6) is 0 Å². The maximum atomic E-state index is 2.61. The summed E-state index contributed by atoms with van der Waals surface area (Å²) < 4.78 is 0. The number of hydrogen-bond acceptors (Lipinski definition) is 2. The summed E-state index contributed by atoms with van der Waals surface area (Å²) in [6.45, 7) is 21.4. The van der Waals surface area contributed by atoms with Gasteiger partial charge in [-0.3, -0.25) is 0 Å². The first-order chi connectivity index (χ1) is 7.16. The van der Waals surface area contributed by atoms with Crippen LogP contribution in [-0.4, -0.2) is 49.1 Å². The minimum absolute atomic E-state index is 0.437. The van der Waals surface area contributed by atoms with Crippen molar-refractivity contribution in [3.05, 3.63) is 0 Å². The van der Waals surface area contributed by atoms with Gasteiger partial charge in [0.25, 0.3) is 0 Å². The van der Waals surface area contributed by atoms with Crippen LogP contribution in [0.2, 0.25) is 0 Å². The van der Waals surface area contributed by atoms with E-state index in [0.29, 0.717) is 10.8 Å². The highest BCUT2D eigenvalue weighted by Gasteiger charge is 2.23. The Labute approximate surface area is 102 Å². The molecule has 0 aliphatic carbocycles. The molecule has 0 atom stereocenters. The molecular weight excluding hydrogens is 196 g/mol. The molecule has 2 heteroatoms. The highest BCUT2D eigenvalue weighted by Crippen LogP contribution is 2.19. The lowest BCUT2D eigenvalue weighted by Crippen LogP contribution is -2.50. The first-order valence-electron chi connectivity index (χ1n) is 6.60. The second-order valence-corrected chi connectivity index (χ2v) is 7.67. The molecule has 1 saturated heterocycles. The second kappa shape index (κ2) is 5.05. The van der Waals surface area contributed by atoms with E-state index in [9.17, 15) is 0 Å². The Balaban J connectivity index is 2.29. The summed E-state index contributed by atoms with van der Waals surface area (Å²) in [7, 11) is 0. The van der Waals surface area contributed by atoms with E-state index in [2.05, 4.69) is 51.3 Å². The third-order valence-electron chi connectivity index (χ3n) is 2.86. The number of nitrogens with zero attached hydrogens (tertiary/aromatic N) is 2. The summed E-state index contributed by atoms with van der Waals surface area (Å²) in [6, 6.07) is 0. The van der Waals surface area contributed by atoms with Crippen molar-refractivity contribution in [1.82, 2.24) is 9.80 Å². The monoisotopic (exact) mass is 226 g/mol. The maximum Gasteiger partial charge on any atom is 0.0110 e. The highest BCUT2D eigenvalue weighted by molar-refractivity contribution is 4.78. The van der Waals surface area contributed by atoms with Gasteiger partial charge in [0, 0.05) is 39.3 Å². The molecule has 1 aliphatic heterocycles. The third-order valence-corrected chi connectivity index (χ3v) is 2.86. The van der Waals surface area contributed by atoms with Crippen molar-refractivity contribution in [2.45, 2.75) is 41.5 Å². The highest BCUT2D eigenvalue weighted by atomic mass is 15.3. The van der Waals surface area contributed by atoms with Gasteiger partial charge in [-0.15, -0.1) is 0 Å². The van der Waals surface area contributed by atoms with Crippen LogP contribution in [0.1, 0.15) is 41.5 Å². The van der Waals surface area contributed by atoms with E-state index < -0.39 is 0 Å². The van der Waals surface area contributed by atoms with Gasteiger partial charge < -0.3 is 9.80 Å². The van der Waals surface area contributed by atoms with Crippen LogP contribution in [-0.2, 0) is 0 Å². The number of rotatable bonds is 2. The summed E-state index contributed by atoms with van der Waals surface area (Å²) in [5.74, 6) is 0. The van der Waals surface area contributed by atoms with Gasteiger partial charge in [0.2, 0.25) is 0 Å². The SMILES string of the molecule is CC(C)(C)CN1CCN(CC(C)(C)C)CC1. The molecule has 1 heterocycles. The predicted octanol–water partition coefficient (Wildman–Crippen LogP) is 2.70. The lowest BCUT2D eigenvalue weighted by atomic mass is 9.94. The van der Waals surface area contributed by atoms with E-state index in [4.69, 9.17) is 0 Å². The standard InChI is InChI=1S/C14H30N2/c1-13(2,3)11-15-7-9-16(10-8-15)12-14(4,5)6/h7-12H2,1-6H3. The molecule has 0 aromatic carbocycles. The Morgan fingerprint density at radius 1 is 0.625 bits per heavy atom. The molecule has 16 heavy (non-hydrogen) atoms. The van der Waals surface area contributed by atoms with Crippen LogP contribution in [0.3, 0.4) is 0 Å². The third kappa shape index (κ3) is 5.86. The smallest absolute Gasteiger partial charge is 0.0110 e. The fourth-order valence-corrected chi connectivity index (χ4v) is 2.45. The van der Waals surface area contributed by atoms with E-state index in [1.54, 1.807) is 0 Å². The molecule has 0 spiro atoms. The molecule has 0 bridgehead atoms. The first kappa shape index (κ1) is 14.0. The fraction of sp³-hybridized carbons (Fsp3) is 1.00. The van der Waals surface area contributed by atoms with Crippen LogP contribution < -0.4 is 0 Å².